The zero-order valence-electron chi connectivity index (χ0n) is 9.66. The minimum absolute atomic E-state index is 0.254. The van der Waals surface area contributed by atoms with Crippen molar-refractivity contribution in [2.45, 2.75) is 25.8 Å². The highest BCUT2D eigenvalue weighted by atomic mass is 16.4. The molecule has 0 aliphatic heterocycles. The van der Waals surface area contributed by atoms with Gasteiger partial charge in [-0.2, -0.15) is 0 Å². The van der Waals surface area contributed by atoms with Gasteiger partial charge in [0.2, 0.25) is 0 Å². The standard InChI is InChI=1S/C11H14N4O2/c1-6(2)10-14-13-8-5-7(3-4-15(8)10)9(12)11(16)17/h3-6,9H,12H2,1-2H3,(H,16,17). The molecule has 0 aliphatic carbocycles. The Morgan fingerprint density at radius 2 is 2.18 bits per heavy atom. The van der Waals surface area contributed by atoms with Gasteiger partial charge in [-0.05, 0) is 17.7 Å². The summed E-state index contributed by atoms with van der Waals surface area (Å²) in [6.45, 7) is 4.04. The highest BCUT2D eigenvalue weighted by Gasteiger charge is 2.16. The van der Waals surface area contributed by atoms with E-state index in [1.54, 1.807) is 18.3 Å². The number of hydrogen-bond donors (Lipinski definition) is 2. The fraction of sp³-hybridized carbons (Fsp3) is 0.364. The van der Waals surface area contributed by atoms with Crippen molar-refractivity contribution >= 4 is 11.6 Å². The number of fused-ring (bicyclic) bond motifs is 1. The molecular formula is C11H14N4O2. The number of rotatable bonds is 3. The largest absolute Gasteiger partial charge is 0.480 e. The number of pyridine rings is 1. The maximum absolute atomic E-state index is 10.8. The highest BCUT2D eigenvalue weighted by Crippen LogP contribution is 2.17. The van der Waals surface area contributed by atoms with E-state index in [1.807, 2.05) is 18.2 Å². The highest BCUT2D eigenvalue weighted by molar-refractivity contribution is 5.75. The Morgan fingerprint density at radius 1 is 1.47 bits per heavy atom. The van der Waals surface area contributed by atoms with Crippen LogP contribution in [0.1, 0.15) is 37.2 Å². The number of aliphatic carboxylic acids is 1. The van der Waals surface area contributed by atoms with Gasteiger partial charge in [-0.3, -0.25) is 9.20 Å². The van der Waals surface area contributed by atoms with Gasteiger partial charge in [0.25, 0.3) is 0 Å². The summed E-state index contributed by atoms with van der Waals surface area (Å²) in [5.74, 6) is 0.0393. The molecule has 0 saturated carbocycles. The van der Waals surface area contributed by atoms with Crippen LogP contribution in [0.25, 0.3) is 5.65 Å². The predicted molar refractivity (Wildman–Crippen MR) is 61.6 cm³/mol. The van der Waals surface area contributed by atoms with Gasteiger partial charge >= 0.3 is 5.97 Å². The predicted octanol–water partition coefficient (Wildman–Crippen LogP) is 0.937. The molecule has 6 heteroatoms. The molecule has 2 heterocycles. The van der Waals surface area contributed by atoms with Crippen LogP contribution in [0.3, 0.4) is 0 Å². The Hall–Kier alpha value is -1.95. The zero-order chi connectivity index (χ0) is 12.6. The smallest absolute Gasteiger partial charge is 0.325 e. The topological polar surface area (TPSA) is 93.5 Å². The molecule has 90 valence electrons. The van der Waals surface area contributed by atoms with E-state index in [0.717, 1.165) is 5.82 Å². The molecule has 6 nitrogen and oxygen atoms in total. The maximum atomic E-state index is 10.8. The molecule has 0 bridgehead atoms. The molecule has 17 heavy (non-hydrogen) atoms. The first kappa shape index (κ1) is 11.5. The molecule has 3 N–H and O–H groups in total. The molecule has 1 atom stereocenters. The summed E-state index contributed by atoms with van der Waals surface area (Å²) < 4.78 is 1.84. The number of carboxylic acids is 1. The Labute approximate surface area is 98.1 Å². The molecule has 0 aliphatic rings. The van der Waals surface area contributed by atoms with Crippen LogP contribution in [0.4, 0.5) is 0 Å². The van der Waals surface area contributed by atoms with Crippen molar-refractivity contribution in [2.24, 2.45) is 5.73 Å². The van der Waals surface area contributed by atoms with Crippen LogP contribution in [-0.2, 0) is 4.79 Å². The van der Waals surface area contributed by atoms with Gasteiger partial charge in [-0.15, -0.1) is 10.2 Å². The molecule has 0 aromatic carbocycles. The Balaban J connectivity index is 2.49. The lowest BCUT2D eigenvalue weighted by atomic mass is 10.1. The van der Waals surface area contributed by atoms with Crippen molar-refractivity contribution in [2.75, 3.05) is 0 Å². The first-order valence-corrected chi connectivity index (χ1v) is 5.33. The Kier molecular flexibility index (Phi) is 2.81. The van der Waals surface area contributed by atoms with Crippen molar-refractivity contribution in [3.63, 3.8) is 0 Å². The van der Waals surface area contributed by atoms with Gasteiger partial charge in [0.15, 0.2) is 5.65 Å². The van der Waals surface area contributed by atoms with E-state index < -0.39 is 12.0 Å². The van der Waals surface area contributed by atoms with Crippen molar-refractivity contribution in [1.82, 2.24) is 14.6 Å². The summed E-state index contributed by atoms with van der Waals surface area (Å²) in [6, 6.07) is 2.30. The van der Waals surface area contributed by atoms with Gasteiger partial charge < -0.3 is 10.8 Å². The van der Waals surface area contributed by atoms with Gasteiger partial charge in [-0.1, -0.05) is 13.8 Å². The third-order valence-electron chi connectivity index (χ3n) is 2.60. The van der Waals surface area contributed by atoms with Crippen LogP contribution in [0.2, 0.25) is 0 Å². The summed E-state index contributed by atoms with van der Waals surface area (Å²) in [4.78, 5) is 10.8. The zero-order valence-corrected chi connectivity index (χ0v) is 9.66. The van der Waals surface area contributed by atoms with Crippen LogP contribution < -0.4 is 5.73 Å². The van der Waals surface area contributed by atoms with E-state index in [2.05, 4.69) is 10.2 Å². The number of carbonyl (C=O) groups is 1. The SMILES string of the molecule is CC(C)c1nnc2cc(C(N)C(=O)O)ccn12. The second kappa shape index (κ2) is 4.14. The number of carboxylic acid groups (broad SMARTS) is 1. The molecule has 2 aromatic heterocycles. The average Bonchev–Trinajstić information content (AvgIpc) is 2.70. The third kappa shape index (κ3) is 1.99. The number of nitrogens with zero attached hydrogens (tertiary/aromatic N) is 3. The second-order valence-electron chi connectivity index (χ2n) is 4.22. The molecule has 0 amide bonds. The molecule has 2 rings (SSSR count). The van der Waals surface area contributed by atoms with Crippen molar-refractivity contribution < 1.29 is 9.90 Å². The summed E-state index contributed by atoms with van der Waals surface area (Å²) in [5, 5.41) is 16.9. The van der Waals surface area contributed by atoms with E-state index in [-0.39, 0.29) is 5.92 Å². The van der Waals surface area contributed by atoms with Crippen LogP contribution in [0.15, 0.2) is 18.3 Å². The molecule has 0 saturated heterocycles. The number of aromatic nitrogens is 3. The lowest BCUT2D eigenvalue weighted by Crippen LogP contribution is -2.20. The summed E-state index contributed by atoms with van der Waals surface area (Å²) in [5.41, 5.74) is 6.67. The molecule has 0 fully saturated rings. The minimum Gasteiger partial charge on any atom is -0.480 e. The van der Waals surface area contributed by atoms with Gasteiger partial charge in [0.05, 0.1) is 0 Å². The summed E-state index contributed by atoms with van der Waals surface area (Å²) in [7, 11) is 0. The molecule has 0 spiro atoms. The number of hydrogen-bond acceptors (Lipinski definition) is 4. The van der Waals surface area contributed by atoms with E-state index in [9.17, 15) is 4.79 Å². The van der Waals surface area contributed by atoms with Crippen LogP contribution in [0.5, 0.6) is 0 Å². The first-order chi connectivity index (χ1) is 8.00. The van der Waals surface area contributed by atoms with E-state index in [4.69, 9.17) is 10.8 Å². The van der Waals surface area contributed by atoms with Crippen LogP contribution in [-0.4, -0.2) is 25.7 Å². The minimum atomic E-state index is -1.06. The summed E-state index contributed by atoms with van der Waals surface area (Å²) in [6.07, 6.45) is 1.75. The second-order valence-corrected chi connectivity index (χ2v) is 4.22. The van der Waals surface area contributed by atoms with Crippen molar-refractivity contribution in [1.29, 1.82) is 0 Å². The molecule has 0 radical (unpaired) electrons. The van der Waals surface area contributed by atoms with Gasteiger partial charge in [0, 0.05) is 12.1 Å². The van der Waals surface area contributed by atoms with Gasteiger partial charge in [0.1, 0.15) is 11.9 Å². The van der Waals surface area contributed by atoms with E-state index in [0.29, 0.717) is 11.2 Å². The maximum Gasteiger partial charge on any atom is 0.325 e. The molecule has 1 unspecified atom stereocenters. The fourth-order valence-electron chi connectivity index (χ4n) is 1.65. The van der Waals surface area contributed by atoms with Gasteiger partial charge in [-0.25, -0.2) is 0 Å². The number of nitrogens with two attached hydrogens (primary N) is 1. The molecular weight excluding hydrogens is 220 g/mol. The van der Waals surface area contributed by atoms with Crippen LogP contribution in [0, 0.1) is 0 Å². The normalized spacial score (nSPS) is 13.2. The first-order valence-electron chi connectivity index (χ1n) is 5.33. The summed E-state index contributed by atoms with van der Waals surface area (Å²) >= 11 is 0. The quantitative estimate of drug-likeness (QED) is 0.824. The Bertz CT molecular complexity index is 562. The third-order valence-corrected chi connectivity index (χ3v) is 2.60. The fourth-order valence-corrected chi connectivity index (χ4v) is 1.65. The van der Waals surface area contributed by atoms with Crippen LogP contribution >= 0.6 is 0 Å². The van der Waals surface area contributed by atoms with Crippen molar-refractivity contribution in [3.8, 4) is 0 Å². The van der Waals surface area contributed by atoms with Crippen molar-refractivity contribution in [3.05, 3.63) is 29.7 Å². The Morgan fingerprint density at radius 3 is 2.76 bits per heavy atom. The molecule has 2 aromatic rings. The lowest BCUT2D eigenvalue weighted by Gasteiger charge is -2.07. The van der Waals surface area contributed by atoms with E-state index in [1.165, 1.54) is 0 Å². The lowest BCUT2D eigenvalue weighted by molar-refractivity contribution is -0.138. The average molecular weight is 234 g/mol. The monoisotopic (exact) mass is 234 g/mol. The van der Waals surface area contributed by atoms with E-state index >= 15 is 0 Å².